The van der Waals surface area contributed by atoms with E-state index in [1.54, 1.807) is 18.3 Å². The lowest BCUT2D eigenvalue weighted by atomic mass is 10.2. The topological polar surface area (TPSA) is 53.6 Å². The number of nitriles is 1. The van der Waals surface area contributed by atoms with Crippen LogP contribution < -0.4 is 5.32 Å². The van der Waals surface area contributed by atoms with Gasteiger partial charge in [0.25, 0.3) is 0 Å². The van der Waals surface area contributed by atoms with E-state index >= 15 is 0 Å². The van der Waals surface area contributed by atoms with E-state index in [0.717, 1.165) is 22.4 Å². The van der Waals surface area contributed by atoms with Crippen molar-refractivity contribution in [3.8, 4) is 6.07 Å². The van der Waals surface area contributed by atoms with E-state index in [1.807, 2.05) is 23.9 Å². The molecule has 5 heteroatoms. The highest BCUT2D eigenvalue weighted by Gasteiger charge is 2.03. The van der Waals surface area contributed by atoms with Crippen LogP contribution in [-0.2, 0) is 6.54 Å². The van der Waals surface area contributed by atoms with Gasteiger partial charge in [-0.25, -0.2) is 0 Å². The van der Waals surface area contributed by atoms with Gasteiger partial charge < -0.3 is 5.32 Å². The van der Waals surface area contributed by atoms with Crippen molar-refractivity contribution in [2.24, 2.45) is 0 Å². The summed E-state index contributed by atoms with van der Waals surface area (Å²) in [5.41, 5.74) is 2.48. The van der Waals surface area contributed by atoms with Gasteiger partial charge in [-0.1, -0.05) is 0 Å². The zero-order valence-electron chi connectivity index (χ0n) is 9.31. The number of rotatable bonds is 3. The van der Waals surface area contributed by atoms with Gasteiger partial charge in [0.1, 0.15) is 0 Å². The highest BCUT2D eigenvalue weighted by atomic mass is 79.9. The van der Waals surface area contributed by atoms with Gasteiger partial charge in [0, 0.05) is 17.2 Å². The Balaban J connectivity index is 2.21. The lowest BCUT2D eigenvalue weighted by Crippen LogP contribution is -1.93. The van der Waals surface area contributed by atoms with Gasteiger partial charge in [0.05, 0.1) is 29.2 Å². The van der Waals surface area contributed by atoms with E-state index in [0.29, 0.717) is 5.56 Å². The van der Waals surface area contributed by atoms with Gasteiger partial charge in [-0.05, 0) is 41.1 Å². The molecule has 0 saturated carbocycles. The molecule has 0 unspecified atom stereocenters. The third-order valence-corrected chi connectivity index (χ3v) is 2.99. The molecule has 2 rings (SSSR count). The van der Waals surface area contributed by atoms with E-state index in [1.165, 1.54) is 0 Å². The van der Waals surface area contributed by atoms with Crippen LogP contribution in [0.25, 0.3) is 0 Å². The predicted molar refractivity (Wildman–Crippen MR) is 70.0 cm³/mol. The molecule has 0 saturated heterocycles. The molecule has 1 N–H and O–H groups in total. The predicted octanol–water partition coefficient (Wildman–Crippen LogP) is 3.28. The summed E-state index contributed by atoms with van der Waals surface area (Å²) in [6, 6.07) is 7.52. The first kappa shape index (κ1) is 11.7. The number of nitrogens with zero attached hydrogens (tertiary/aromatic N) is 3. The van der Waals surface area contributed by atoms with Crippen LogP contribution >= 0.6 is 15.9 Å². The molecule has 1 aromatic carbocycles. The monoisotopic (exact) mass is 290 g/mol. The second-order valence-electron chi connectivity index (χ2n) is 3.52. The van der Waals surface area contributed by atoms with Crippen molar-refractivity contribution < 1.29 is 0 Å². The summed E-state index contributed by atoms with van der Waals surface area (Å²) in [6.07, 6.45) is 3.71. The number of aromatic nitrogens is 2. The van der Waals surface area contributed by atoms with Crippen LogP contribution in [-0.4, -0.2) is 9.78 Å². The van der Waals surface area contributed by atoms with Crippen LogP contribution in [0.4, 0.5) is 11.4 Å². The van der Waals surface area contributed by atoms with Crippen molar-refractivity contribution >= 4 is 27.3 Å². The van der Waals surface area contributed by atoms with E-state index in [9.17, 15) is 0 Å². The Bertz CT molecular complexity index is 568. The van der Waals surface area contributed by atoms with Crippen molar-refractivity contribution in [3.63, 3.8) is 0 Å². The molecule has 0 fully saturated rings. The Morgan fingerprint density at radius 1 is 1.53 bits per heavy atom. The summed E-state index contributed by atoms with van der Waals surface area (Å²) in [7, 11) is 0. The second kappa shape index (κ2) is 5.02. The van der Waals surface area contributed by atoms with Gasteiger partial charge in [-0.3, -0.25) is 4.68 Å². The fourth-order valence-electron chi connectivity index (χ4n) is 1.44. The number of halogens is 1. The quantitative estimate of drug-likeness (QED) is 0.944. The molecular weight excluding hydrogens is 280 g/mol. The van der Waals surface area contributed by atoms with E-state index in [2.05, 4.69) is 32.4 Å². The molecular formula is C12H11BrN4. The minimum absolute atomic E-state index is 0.631. The maximum atomic E-state index is 8.77. The summed E-state index contributed by atoms with van der Waals surface area (Å²) >= 11 is 3.43. The summed E-state index contributed by atoms with van der Waals surface area (Å²) in [6.45, 7) is 2.88. The molecule has 0 bridgehead atoms. The molecule has 0 radical (unpaired) electrons. The average Bonchev–Trinajstić information content (AvgIpc) is 2.79. The van der Waals surface area contributed by atoms with E-state index < -0.39 is 0 Å². The summed E-state index contributed by atoms with van der Waals surface area (Å²) in [5, 5.41) is 16.2. The Hall–Kier alpha value is -1.80. The first-order valence-electron chi connectivity index (χ1n) is 5.22. The second-order valence-corrected chi connectivity index (χ2v) is 4.37. The van der Waals surface area contributed by atoms with E-state index in [-0.39, 0.29) is 0 Å². The Labute approximate surface area is 108 Å². The fourth-order valence-corrected chi connectivity index (χ4v) is 1.92. The van der Waals surface area contributed by atoms with Crippen LogP contribution in [0.15, 0.2) is 35.1 Å². The summed E-state index contributed by atoms with van der Waals surface area (Å²) in [5.74, 6) is 0. The summed E-state index contributed by atoms with van der Waals surface area (Å²) in [4.78, 5) is 0. The maximum absolute atomic E-state index is 8.77. The first-order chi connectivity index (χ1) is 8.22. The van der Waals surface area contributed by atoms with Crippen molar-refractivity contribution in [2.75, 3.05) is 5.32 Å². The van der Waals surface area contributed by atoms with Crippen LogP contribution in [0.3, 0.4) is 0 Å². The highest BCUT2D eigenvalue weighted by molar-refractivity contribution is 9.10. The van der Waals surface area contributed by atoms with Crippen LogP contribution in [0.5, 0.6) is 0 Å². The summed E-state index contributed by atoms with van der Waals surface area (Å²) < 4.78 is 2.71. The molecule has 1 heterocycles. The molecule has 0 atom stereocenters. The Kier molecular flexibility index (Phi) is 3.45. The van der Waals surface area contributed by atoms with Crippen LogP contribution in [0.2, 0.25) is 0 Å². The highest BCUT2D eigenvalue weighted by Crippen LogP contribution is 2.26. The number of hydrogen-bond donors (Lipinski definition) is 1. The molecule has 86 valence electrons. The van der Waals surface area contributed by atoms with E-state index in [4.69, 9.17) is 5.26 Å². The smallest absolute Gasteiger partial charge is 0.0992 e. The lowest BCUT2D eigenvalue weighted by molar-refractivity contribution is 0.660. The number of benzene rings is 1. The first-order valence-corrected chi connectivity index (χ1v) is 6.01. The molecule has 2 aromatic rings. The SMILES string of the molecule is CCn1cc(Nc2ccc(C#N)cc2Br)cn1. The molecule has 1 aromatic heterocycles. The number of anilines is 2. The number of aryl methyl sites for hydroxylation is 1. The minimum atomic E-state index is 0.631. The molecule has 0 aliphatic heterocycles. The maximum Gasteiger partial charge on any atom is 0.0992 e. The van der Waals surface area contributed by atoms with Gasteiger partial charge in [0.15, 0.2) is 0 Å². The third-order valence-electron chi connectivity index (χ3n) is 2.33. The van der Waals surface area contributed by atoms with Crippen molar-refractivity contribution in [1.82, 2.24) is 9.78 Å². The number of hydrogen-bond acceptors (Lipinski definition) is 3. The average molecular weight is 291 g/mol. The molecule has 17 heavy (non-hydrogen) atoms. The zero-order valence-corrected chi connectivity index (χ0v) is 10.9. The largest absolute Gasteiger partial charge is 0.352 e. The lowest BCUT2D eigenvalue weighted by Gasteiger charge is -2.06. The molecule has 4 nitrogen and oxygen atoms in total. The molecule has 0 amide bonds. The standard InChI is InChI=1S/C12H11BrN4/c1-2-17-8-10(7-15-17)16-12-4-3-9(6-14)5-11(12)13/h3-5,7-8,16H,2H2,1H3. The Morgan fingerprint density at radius 2 is 2.35 bits per heavy atom. The van der Waals surface area contributed by atoms with Crippen molar-refractivity contribution in [3.05, 3.63) is 40.6 Å². The van der Waals surface area contributed by atoms with Crippen molar-refractivity contribution in [2.45, 2.75) is 13.5 Å². The van der Waals surface area contributed by atoms with Gasteiger partial charge >= 0.3 is 0 Å². The molecule has 0 aliphatic carbocycles. The normalized spacial score (nSPS) is 9.94. The van der Waals surface area contributed by atoms with Crippen LogP contribution in [0.1, 0.15) is 12.5 Å². The minimum Gasteiger partial charge on any atom is -0.352 e. The van der Waals surface area contributed by atoms with Crippen molar-refractivity contribution in [1.29, 1.82) is 5.26 Å². The fraction of sp³-hybridized carbons (Fsp3) is 0.167. The molecule has 0 aliphatic rings. The third kappa shape index (κ3) is 2.66. The van der Waals surface area contributed by atoms with Gasteiger partial charge in [-0.15, -0.1) is 0 Å². The number of nitrogens with one attached hydrogen (secondary N) is 1. The molecule has 0 spiro atoms. The van der Waals surface area contributed by atoms with Crippen LogP contribution in [0, 0.1) is 11.3 Å². The Morgan fingerprint density at radius 3 is 2.94 bits per heavy atom. The van der Waals surface area contributed by atoms with Gasteiger partial charge in [-0.2, -0.15) is 10.4 Å². The zero-order chi connectivity index (χ0) is 12.3. The van der Waals surface area contributed by atoms with Gasteiger partial charge in [0.2, 0.25) is 0 Å².